The Morgan fingerprint density at radius 2 is 1.80 bits per heavy atom. The summed E-state index contributed by atoms with van der Waals surface area (Å²) < 4.78 is 16.8. The lowest BCUT2D eigenvalue weighted by Crippen LogP contribution is -2.38. The molecular formula is C22H33IN4O3. The Labute approximate surface area is 196 Å². The summed E-state index contributed by atoms with van der Waals surface area (Å²) in [4.78, 5) is 9.00. The summed E-state index contributed by atoms with van der Waals surface area (Å²) in [6.45, 7) is 10.2. The van der Waals surface area contributed by atoms with E-state index in [1.807, 2.05) is 57.2 Å². The Kier molecular flexibility index (Phi) is 13.6. The van der Waals surface area contributed by atoms with Gasteiger partial charge in [0.25, 0.3) is 0 Å². The van der Waals surface area contributed by atoms with Crippen LogP contribution in [0.5, 0.6) is 17.4 Å². The van der Waals surface area contributed by atoms with Crippen LogP contribution in [0.15, 0.2) is 47.6 Å². The van der Waals surface area contributed by atoms with E-state index >= 15 is 0 Å². The van der Waals surface area contributed by atoms with Crippen molar-refractivity contribution in [1.29, 1.82) is 0 Å². The summed E-state index contributed by atoms with van der Waals surface area (Å²) in [6.07, 6.45) is 2.72. The topological polar surface area (TPSA) is 77.0 Å². The van der Waals surface area contributed by atoms with E-state index in [9.17, 15) is 0 Å². The minimum absolute atomic E-state index is 0. The van der Waals surface area contributed by atoms with Crippen molar-refractivity contribution in [3.8, 4) is 17.4 Å². The molecule has 0 radical (unpaired) electrons. The zero-order valence-electron chi connectivity index (χ0n) is 18.0. The van der Waals surface area contributed by atoms with Gasteiger partial charge in [-0.2, -0.15) is 0 Å². The Morgan fingerprint density at radius 3 is 2.47 bits per heavy atom. The van der Waals surface area contributed by atoms with Crippen LogP contribution in [0, 0.1) is 0 Å². The predicted octanol–water partition coefficient (Wildman–Crippen LogP) is 4.37. The van der Waals surface area contributed by atoms with Crippen LogP contribution in [-0.4, -0.2) is 43.9 Å². The van der Waals surface area contributed by atoms with Crippen LogP contribution in [0.4, 0.5) is 0 Å². The molecule has 8 heteroatoms. The lowest BCUT2D eigenvalue weighted by Gasteiger charge is -2.12. The van der Waals surface area contributed by atoms with E-state index in [2.05, 4.69) is 20.6 Å². The van der Waals surface area contributed by atoms with E-state index < -0.39 is 0 Å². The molecule has 0 unspecified atom stereocenters. The van der Waals surface area contributed by atoms with Crippen LogP contribution >= 0.6 is 24.0 Å². The van der Waals surface area contributed by atoms with Crippen LogP contribution < -0.4 is 20.1 Å². The number of hydrogen-bond acceptors (Lipinski definition) is 5. The van der Waals surface area contributed by atoms with Crippen molar-refractivity contribution in [2.75, 3.05) is 32.9 Å². The molecule has 2 aromatic rings. The highest BCUT2D eigenvalue weighted by Gasteiger charge is 2.06. The lowest BCUT2D eigenvalue weighted by atomic mass is 10.3. The smallest absolute Gasteiger partial charge is 0.219 e. The van der Waals surface area contributed by atoms with Gasteiger partial charge in [-0.05, 0) is 44.9 Å². The van der Waals surface area contributed by atoms with E-state index in [0.29, 0.717) is 30.5 Å². The van der Waals surface area contributed by atoms with Gasteiger partial charge in [0, 0.05) is 38.6 Å². The van der Waals surface area contributed by atoms with Crippen molar-refractivity contribution < 1.29 is 14.2 Å². The second kappa shape index (κ2) is 15.7. The van der Waals surface area contributed by atoms with Gasteiger partial charge < -0.3 is 24.8 Å². The van der Waals surface area contributed by atoms with Gasteiger partial charge in [0.1, 0.15) is 0 Å². The molecule has 0 atom stereocenters. The maximum absolute atomic E-state index is 5.86. The quantitative estimate of drug-likeness (QED) is 0.185. The van der Waals surface area contributed by atoms with Gasteiger partial charge in [-0.3, -0.25) is 0 Å². The van der Waals surface area contributed by atoms with Crippen LogP contribution in [0.25, 0.3) is 0 Å². The molecule has 0 saturated carbocycles. The zero-order valence-corrected chi connectivity index (χ0v) is 20.3. The van der Waals surface area contributed by atoms with E-state index in [-0.39, 0.29) is 24.0 Å². The number of benzene rings is 1. The first-order valence-corrected chi connectivity index (χ1v) is 10.2. The number of nitrogens with zero attached hydrogens (tertiary/aromatic N) is 2. The molecule has 1 aromatic heterocycles. The van der Waals surface area contributed by atoms with Gasteiger partial charge in [0.15, 0.2) is 17.5 Å². The Morgan fingerprint density at radius 1 is 1.00 bits per heavy atom. The van der Waals surface area contributed by atoms with Gasteiger partial charge in [-0.1, -0.05) is 18.2 Å². The minimum atomic E-state index is 0. The number of nitrogens with one attached hydrogen (secondary N) is 2. The standard InChI is InChI=1S/C22H32N4O3.HI/c1-4-23-22(24-14-9-15-27-5-2)26-17-18-12-13-21(25-16-18)29-20-11-8-7-10-19(20)28-6-3;/h7-8,10-13,16H,4-6,9,14-15,17H2,1-3H3,(H2,23,24,26);1H. The number of halogens is 1. The first-order chi connectivity index (χ1) is 14.3. The third kappa shape index (κ3) is 9.62. The summed E-state index contributed by atoms with van der Waals surface area (Å²) >= 11 is 0. The zero-order chi connectivity index (χ0) is 20.7. The molecule has 0 aliphatic carbocycles. The summed E-state index contributed by atoms with van der Waals surface area (Å²) in [7, 11) is 0. The fraction of sp³-hybridized carbons (Fsp3) is 0.455. The molecule has 0 fully saturated rings. The second-order valence-electron chi connectivity index (χ2n) is 6.16. The summed E-state index contributed by atoms with van der Waals surface area (Å²) in [6, 6.07) is 11.4. The average Bonchev–Trinajstić information content (AvgIpc) is 2.74. The van der Waals surface area contributed by atoms with E-state index in [1.165, 1.54) is 0 Å². The molecule has 0 saturated heterocycles. The Hall–Kier alpha value is -2.07. The normalized spacial score (nSPS) is 10.8. The van der Waals surface area contributed by atoms with Crippen LogP contribution in [-0.2, 0) is 11.3 Å². The number of aromatic nitrogens is 1. The Bertz CT molecular complexity index is 741. The molecule has 1 aromatic carbocycles. The molecule has 0 bridgehead atoms. The first kappa shape index (κ1) is 26.0. The first-order valence-electron chi connectivity index (χ1n) is 10.2. The minimum Gasteiger partial charge on any atom is -0.490 e. The second-order valence-corrected chi connectivity index (χ2v) is 6.16. The van der Waals surface area contributed by atoms with Crippen molar-refractivity contribution >= 4 is 29.9 Å². The Balaban J connectivity index is 0.00000450. The molecule has 0 aliphatic heterocycles. The monoisotopic (exact) mass is 528 g/mol. The molecule has 2 rings (SSSR count). The van der Waals surface area contributed by atoms with Crippen molar-refractivity contribution in [1.82, 2.24) is 15.6 Å². The average molecular weight is 528 g/mol. The highest BCUT2D eigenvalue weighted by molar-refractivity contribution is 14.0. The van der Waals surface area contributed by atoms with Gasteiger partial charge in [-0.25, -0.2) is 9.98 Å². The fourth-order valence-electron chi connectivity index (χ4n) is 2.52. The van der Waals surface area contributed by atoms with E-state index in [4.69, 9.17) is 14.2 Å². The van der Waals surface area contributed by atoms with Gasteiger partial charge in [0.05, 0.1) is 13.2 Å². The summed E-state index contributed by atoms with van der Waals surface area (Å²) in [5.41, 5.74) is 1.00. The van der Waals surface area contributed by atoms with Gasteiger partial charge in [0.2, 0.25) is 5.88 Å². The highest BCUT2D eigenvalue weighted by atomic mass is 127. The maximum atomic E-state index is 5.86. The van der Waals surface area contributed by atoms with Crippen LogP contribution in [0.2, 0.25) is 0 Å². The van der Waals surface area contributed by atoms with Gasteiger partial charge in [-0.15, -0.1) is 24.0 Å². The van der Waals surface area contributed by atoms with Crippen molar-refractivity contribution in [3.63, 3.8) is 0 Å². The maximum Gasteiger partial charge on any atom is 0.219 e. The summed E-state index contributed by atoms with van der Waals surface area (Å²) in [5.74, 6) is 2.66. The molecular weight excluding hydrogens is 495 g/mol. The molecule has 30 heavy (non-hydrogen) atoms. The number of hydrogen-bond donors (Lipinski definition) is 2. The third-order valence-electron chi connectivity index (χ3n) is 3.89. The molecule has 0 amide bonds. The van der Waals surface area contributed by atoms with E-state index in [1.54, 1.807) is 6.20 Å². The van der Waals surface area contributed by atoms with Crippen LogP contribution in [0.1, 0.15) is 32.8 Å². The highest BCUT2D eigenvalue weighted by Crippen LogP contribution is 2.30. The molecule has 2 N–H and O–H groups in total. The van der Waals surface area contributed by atoms with Crippen molar-refractivity contribution in [2.24, 2.45) is 4.99 Å². The summed E-state index contributed by atoms with van der Waals surface area (Å²) in [5, 5.41) is 6.56. The number of aliphatic imine (C=N–C) groups is 1. The molecule has 7 nitrogen and oxygen atoms in total. The number of pyridine rings is 1. The molecule has 0 spiro atoms. The number of rotatable bonds is 12. The lowest BCUT2D eigenvalue weighted by molar-refractivity contribution is 0.145. The van der Waals surface area contributed by atoms with Crippen LogP contribution in [0.3, 0.4) is 0 Å². The van der Waals surface area contributed by atoms with Gasteiger partial charge >= 0.3 is 0 Å². The van der Waals surface area contributed by atoms with E-state index in [0.717, 1.165) is 44.2 Å². The number of para-hydroxylation sites is 2. The van der Waals surface area contributed by atoms with Crippen molar-refractivity contribution in [3.05, 3.63) is 48.2 Å². The molecule has 1 heterocycles. The SMILES string of the molecule is CCNC(=NCc1ccc(Oc2ccccc2OCC)nc1)NCCCOCC.I. The fourth-order valence-corrected chi connectivity index (χ4v) is 2.52. The number of guanidine groups is 1. The largest absolute Gasteiger partial charge is 0.490 e. The third-order valence-corrected chi connectivity index (χ3v) is 3.89. The number of ether oxygens (including phenoxy) is 3. The van der Waals surface area contributed by atoms with Crippen molar-refractivity contribution in [2.45, 2.75) is 33.7 Å². The molecule has 0 aliphatic rings. The molecule has 166 valence electrons. The predicted molar refractivity (Wildman–Crippen MR) is 131 cm³/mol.